The van der Waals surface area contributed by atoms with Gasteiger partial charge in [-0.15, -0.1) is 0 Å². The zero-order valence-electron chi connectivity index (χ0n) is 16.7. The topological polar surface area (TPSA) is 91.1 Å². The molecule has 1 aliphatic carbocycles. The van der Waals surface area contributed by atoms with Crippen LogP contribution in [0.2, 0.25) is 5.02 Å². The predicted molar refractivity (Wildman–Crippen MR) is 112 cm³/mol. The molecule has 1 aromatic carbocycles. The lowest BCUT2D eigenvalue weighted by molar-refractivity contribution is -0.168. The number of ether oxygens (including phenoxy) is 1. The summed E-state index contributed by atoms with van der Waals surface area (Å²) in [6.07, 6.45) is 6.02. The lowest BCUT2D eigenvalue weighted by Crippen LogP contribution is -2.54. The van der Waals surface area contributed by atoms with Crippen LogP contribution in [-0.4, -0.2) is 44.9 Å². The van der Waals surface area contributed by atoms with Gasteiger partial charge in [-0.3, -0.25) is 9.59 Å². The predicted octanol–water partition coefficient (Wildman–Crippen LogP) is 4.02. The van der Waals surface area contributed by atoms with E-state index in [0.29, 0.717) is 43.1 Å². The van der Waals surface area contributed by atoms with Crippen LogP contribution in [0.15, 0.2) is 30.7 Å². The summed E-state index contributed by atoms with van der Waals surface area (Å²) in [7, 11) is 0. The second-order valence-electron chi connectivity index (χ2n) is 8.05. The van der Waals surface area contributed by atoms with E-state index in [1.165, 1.54) is 12.5 Å². The van der Waals surface area contributed by atoms with Crippen LogP contribution in [0.5, 0.6) is 0 Å². The van der Waals surface area contributed by atoms with E-state index in [1.807, 2.05) is 30.0 Å². The van der Waals surface area contributed by atoms with Crippen molar-refractivity contribution in [2.75, 3.05) is 13.2 Å². The summed E-state index contributed by atoms with van der Waals surface area (Å²) in [5.74, 6) is -0.386. The summed E-state index contributed by atoms with van der Waals surface area (Å²) in [4.78, 5) is 38.8. The van der Waals surface area contributed by atoms with Gasteiger partial charge in [0, 0.05) is 28.2 Å². The van der Waals surface area contributed by atoms with Crippen molar-refractivity contribution in [1.82, 2.24) is 19.9 Å². The first kappa shape index (κ1) is 19.2. The van der Waals surface area contributed by atoms with Crippen LogP contribution in [0, 0.1) is 5.41 Å². The highest BCUT2D eigenvalue weighted by atomic mass is 35.5. The second kappa shape index (κ2) is 7.16. The minimum Gasteiger partial charge on any atom is -0.465 e. The van der Waals surface area contributed by atoms with Crippen molar-refractivity contribution in [3.63, 3.8) is 0 Å². The van der Waals surface area contributed by atoms with Gasteiger partial charge in [-0.25, -0.2) is 4.98 Å². The first-order chi connectivity index (χ1) is 14.5. The number of rotatable bonds is 4. The molecule has 0 radical (unpaired) electrons. The molecule has 0 saturated heterocycles. The van der Waals surface area contributed by atoms with Crippen LogP contribution in [0.25, 0.3) is 10.9 Å². The normalized spacial score (nSPS) is 19.9. The Morgan fingerprint density at radius 1 is 1.37 bits per heavy atom. The van der Waals surface area contributed by atoms with E-state index in [9.17, 15) is 9.59 Å². The molecule has 0 spiro atoms. The number of amides is 1. The molecule has 1 aliphatic heterocycles. The molecule has 5 rings (SSSR count). The molecule has 0 unspecified atom stereocenters. The van der Waals surface area contributed by atoms with E-state index in [0.717, 1.165) is 28.6 Å². The molecule has 1 atom stereocenters. The van der Waals surface area contributed by atoms with E-state index in [-0.39, 0.29) is 11.9 Å². The third-order valence-electron chi connectivity index (χ3n) is 6.53. The van der Waals surface area contributed by atoms with Crippen molar-refractivity contribution in [3.8, 4) is 0 Å². The number of hydrogen-bond acceptors (Lipinski definition) is 4. The number of carbonyl (C=O) groups is 2. The molecule has 2 N–H and O–H groups in total. The van der Waals surface area contributed by atoms with Gasteiger partial charge in [-0.05, 0) is 49.9 Å². The zero-order chi connectivity index (χ0) is 20.9. The number of aromatic nitrogens is 3. The molecule has 3 heterocycles. The molecular weight excluding hydrogens is 404 g/mol. The Bertz CT molecular complexity index is 1120. The maximum atomic E-state index is 13.4. The molecule has 2 aromatic heterocycles. The van der Waals surface area contributed by atoms with Crippen molar-refractivity contribution < 1.29 is 14.3 Å². The summed E-state index contributed by atoms with van der Waals surface area (Å²) in [5.41, 5.74) is 2.68. The molecule has 2 aliphatic rings. The van der Waals surface area contributed by atoms with E-state index < -0.39 is 11.5 Å². The fraction of sp³-hybridized carbons (Fsp3) is 0.409. The van der Waals surface area contributed by atoms with Gasteiger partial charge in [0.15, 0.2) is 0 Å². The van der Waals surface area contributed by atoms with Crippen LogP contribution >= 0.6 is 11.6 Å². The summed E-state index contributed by atoms with van der Waals surface area (Å²) < 4.78 is 5.50. The SMILES string of the molecule is CCOC(=O)C1([C@H]2c3[nH]c4ccc(Cl)cc4c3CCN2C(=O)c2cnc[nH]2)CCC1. The van der Waals surface area contributed by atoms with Gasteiger partial charge in [-0.2, -0.15) is 0 Å². The van der Waals surface area contributed by atoms with Crippen LogP contribution in [-0.2, 0) is 16.0 Å². The Hall–Kier alpha value is -2.80. The number of benzene rings is 1. The standard InChI is InChI=1S/C22H23ClN4O3/c1-2-30-21(29)22(7-3-8-22)19-18-14(15-10-13(23)4-5-16(15)26-18)6-9-27(19)20(28)17-11-24-12-25-17/h4-5,10-12,19,26H,2-3,6-9H2,1H3,(H,24,25)/t19-/m1/s1. The molecule has 0 bridgehead atoms. The van der Waals surface area contributed by atoms with Crippen molar-refractivity contribution in [2.45, 2.75) is 38.6 Å². The third kappa shape index (κ3) is 2.75. The lowest BCUT2D eigenvalue weighted by atomic mass is 9.61. The van der Waals surface area contributed by atoms with Crippen LogP contribution in [0.3, 0.4) is 0 Å². The summed E-state index contributed by atoms with van der Waals surface area (Å²) in [6.45, 7) is 2.64. The van der Waals surface area contributed by atoms with Gasteiger partial charge in [0.2, 0.25) is 0 Å². The number of aromatic amines is 2. The monoisotopic (exact) mass is 426 g/mol. The maximum Gasteiger partial charge on any atom is 0.314 e. The number of fused-ring (bicyclic) bond motifs is 3. The maximum absolute atomic E-state index is 13.4. The number of nitrogens with zero attached hydrogens (tertiary/aromatic N) is 2. The Morgan fingerprint density at radius 2 is 2.20 bits per heavy atom. The number of halogens is 1. The zero-order valence-corrected chi connectivity index (χ0v) is 17.5. The van der Waals surface area contributed by atoms with Gasteiger partial charge in [0.05, 0.1) is 30.6 Å². The first-order valence-corrected chi connectivity index (χ1v) is 10.7. The highest BCUT2D eigenvalue weighted by Crippen LogP contribution is 2.56. The molecule has 1 fully saturated rings. The minimum absolute atomic E-state index is 0.157. The summed E-state index contributed by atoms with van der Waals surface area (Å²) in [5, 5.41) is 1.72. The molecule has 156 valence electrons. The number of H-pyrrole nitrogens is 2. The number of esters is 1. The fourth-order valence-electron chi connectivity index (χ4n) is 5.00. The van der Waals surface area contributed by atoms with Crippen molar-refractivity contribution >= 4 is 34.4 Å². The van der Waals surface area contributed by atoms with Crippen LogP contribution < -0.4 is 0 Å². The molecule has 7 nitrogen and oxygen atoms in total. The Morgan fingerprint density at radius 3 is 2.87 bits per heavy atom. The molecule has 30 heavy (non-hydrogen) atoms. The first-order valence-electron chi connectivity index (χ1n) is 10.3. The van der Waals surface area contributed by atoms with Gasteiger partial charge < -0.3 is 19.6 Å². The minimum atomic E-state index is -0.745. The fourth-order valence-corrected chi connectivity index (χ4v) is 5.18. The quantitative estimate of drug-likeness (QED) is 0.616. The number of hydrogen-bond donors (Lipinski definition) is 2. The highest BCUT2D eigenvalue weighted by molar-refractivity contribution is 6.31. The number of nitrogens with one attached hydrogen (secondary N) is 2. The Balaban J connectivity index is 1.68. The number of carbonyl (C=O) groups excluding carboxylic acids is 2. The lowest BCUT2D eigenvalue weighted by Gasteiger charge is -2.50. The Kier molecular flexibility index (Phi) is 4.58. The van der Waals surface area contributed by atoms with Crippen molar-refractivity contribution in [2.24, 2.45) is 5.41 Å². The highest BCUT2D eigenvalue weighted by Gasteiger charge is 2.57. The molecular formula is C22H23ClN4O3. The second-order valence-corrected chi connectivity index (χ2v) is 8.49. The van der Waals surface area contributed by atoms with E-state index in [4.69, 9.17) is 16.3 Å². The van der Waals surface area contributed by atoms with E-state index >= 15 is 0 Å². The van der Waals surface area contributed by atoms with E-state index in [1.54, 1.807) is 0 Å². The molecule has 3 aromatic rings. The average molecular weight is 427 g/mol. The van der Waals surface area contributed by atoms with Gasteiger partial charge in [-0.1, -0.05) is 18.0 Å². The Labute approximate surface area is 178 Å². The molecule has 1 amide bonds. The van der Waals surface area contributed by atoms with Crippen molar-refractivity contribution in [1.29, 1.82) is 0 Å². The number of imidazole rings is 1. The summed E-state index contributed by atoms with van der Waals surface area (Å²) >= 11 is 6.26. The van der Waals surface area contributed by atoms with Crippen molar-refractivity contribution in [3.05, 3.63) is 52.7 Å². The van der Waals surface area contributed by atoms with E-state index in [2.05, 4.69) is 15.0 Å². The van der Waals surface area contributed by atoms with Gasteiger partial charge >= 0.3 is 5.97 Å². The molecule has 1 saturated carbocycles. The van der Waals surface area contributed by atoms with Gasteiger partial charge in [0.25, 0.3) is 5.91 Å². The van der Waals surface area contributed by atoms with Crippen LogP contribution in [0.4, 0.5) is 0 Å². The van der Waals surface area contributed by atoms with Gasteiger partial charge in [0.1, 0.15) is 5.69 Å². The smallest absolute Gasteiger partial charge is 0.314 e. The third-order valence-corrected chi connectivity index (χ3v) is 6.76. The van der Waals surface area contributed by atoms with Crippen LogP contribution in [0.1, 0.15) is 54.0 Å². The summed E-state index contributed by atoms with van der Waals surface area (Å²) in [6, 6.07) is 5.33. The largest absolute Gasteiger partial charge is 0.465 e. The molecule has 8 heteroatoms. The average Bonchev–Trinajstić information content (AvgIpc) is 3.35.